The van der Waals surface area contributed by atoms with Crippen molar-refractivity contribution in [1.82, 2.24) is 29.9 Å². The molecule has 0 aliphatic heterocycles. The lowest BCUT2D eigenvalue weighted by Crippen LogP contribution is -2.16. The van der Waals surface area contributed by atoms with Crippen LogP contribution in [0.4, 0.5) is 0 Å². The highest BCUT2D eigenvalue weighted by molar-refractivity contribution is 7.94. The van der Waals surface area contributed by atoms with Crippen molar-refractivity contribution in [3.05, 3.63) is 74.6 Å². The molecule has 0 bridgehead atoms. The summed E-state index contributed by atoms with van der Waals surface area (Å²) in [5, 5.41) is -1.81. The molecule has 6 rings (SSSR count). The Bertz CT molecular complexity index is 2530. The number of nitrogens with one attached hydrogen (secondary N) is 3. The van der Waals surface area contributed by atoms with Gasteiger partial charge < -0.3 is 19.5 Å². The lowest BCUT2D eigenvalue weighted by Gasteiger charge is -2.16. The van der Waals surface area contributed by atoms with Crippen LogP contribution in [0.1, 0.15) is 0 Å². The normalized spacial score (nSPS) is 13.1. The number of fused-ring (bicyclic) bond motifs is 6. The molecule has 0 aliphatic carbocycles. The first kappa shape index (κ1) is 28.5. The molecule has 0 aliphatic rings. The highest BCUT2D eigenvalue weighted by atomic mass is 32.2. The van der Waals surface area contributed by atoms with Gasteiger partial charge in [-0.15, -0.1) is 0 Å². The minimum Gasteiger partial charge on any atom is -0.340 e. The molecule has 0 amide bonds. The van der Waals surface area contributed by atoms with Gasteiger partial charge in [0.2, 0.25) is 30.8 Å². The van der Waals surface area contributed by atoms with Gasteiger partial charge in [0.25, 0.3) is 0 Å². The number of hydrogen-bond donors (Lipinski definition) is 4. The number of rotatable bonds is 5. The number of benzene rings is 3. The lowest BCUT2D eigenvalue weighted by molar-refractivity contribution is 0.560. The first-order chi connectivity index (χ1) is 19.9. The largest absolute Gasteiger partial charge is 0.340 e. The van der Waals surface area contributed by atoms with E-state index >= 15 is 0 Å². The van der Waals surface area contributed by atoms with Crippen molar-refractivity contribution in [3.8, 4) is 0 Å². The number of aromatic nitrogens is 6. The molecule has 0 spiro atoms. The van der Waals surface area contributed by atoms with Crippen LogP contribution in [0.5, 0.6) is 0 Å². The third kappa shape index (κ3) is 4.51. The van der Waals surface area contributed by atoms with Gasteiger partial charge in [-0.2, -0.15) is 0 Å². The summed E-state index contributed by atoms with van der Waals surface area (Å²) in [5.74, 6) is 0. The summed E-state index contributed by atoms with van der Waals surface area (Å²) in [6.07, 6.45) is 0. The second-order valence-corrected chi connectivity index (χ2v) is 14.5. The molecule has 3 heterocycles. The van der Waals surface area contributed by atoms with Crippen molar-refractivity contribution >= 4 is 101 Å². The third-order valence-corrected chi connectivity index (χ3v) is 11.5. The molecule has 3 aromatic carbocycles. The first-order valence-electron chi connectivity index (χ1n) is 11.6. The van der Waals surface area contributed by atoms with E-state index in [4.69, 9.17) is 36.7 Å². The van der Waals surface area contributed by atoms with E-state index < -0.39 is 45.8 Å². The van der Waals surface area contributed by atoms with E-state index in [1.165, 1.54) is 48.5 Å². The van der Waals surface area contributed by atoms with Gasteiger partial charge in [0.15, 0.2) is 24.4 Å². The Kier molecular flexibility index (Phi) is 6.96. The molecule has 0 saturated heterocycles. The average Bonchev–Trinajstić information content (AvgIpc) is 2.98. The fourth-order valence-electron chi connectivity index (χ4n) is 4.29. The van der Waals surface area contributed by atoms with Crippen LogP contribution in [0.15, 0.2) is 85.5 Å². The number of aromatic amines is 3. The molecule has 12 nitrogen and oxygen atoms in total. The number of nitrogens with zero attached hydrogens (tertiary/aromatic N) is 3. The number of H-pyrrole nitrogens is 3. The summed E-state index contributed by atoms with van der Waals surface area (Å²) in [6.45, 7) is 0. The van der Waals surface area contributed by atoms with E-state index in [1.54, 1.807) is 12.1 Å². The molecule has 18 heteroatoms. The number of hydrogen-bond acceptors (Lipinski definition) is 11. The molecule has 1 unspecified atom stereocenters. The van der Waals surface area contributed by atoms with Gasteiger partial charge in [0.05, 0.1) is 26.3 Å². The fraction of sp³-hybridized carbons (Fsp3) is 0. The lowest BCUT2D eigenvalue weighted by atomic mass is 10.2. The first-order valence-corrected chi connectivity index (χ1v) is 16.9. The fourth-order valence-corrected chi connectivity index (χ4v) is 8.52. The summed E-state index contributed by atoms with van der Waals surface area (Å²) in [6, 6.07) is 14.5. The van der Waals surface area contributed by atoms with Gasteiger partial charge in [-0.1, -0.05) is 73.1 Å². The summed E-state index contributed by atoms with van der Waals surface area (Å²) in [4.78, 5) is 20.9. The Morgan fingerprint density at radius 1 is 0.619 bits per heavy atom. The minimum absolute atomic E-state index is 0.0154. The van der Waals surface area contributed by atoms with Gasteiger partial charge in [0, 0.05) is 0 Å². The van der Waals surface area contributed by atoms with Crippen LogP contribution < -0.4 is 0 Å². The Balaban J connectivity index is 1.89. The van der Waals surface area contributed by atoms with Crippen molar-refractivity contribution in [2.45, 2.75) is 24.9 Å². The quantitative estimate of drug-likeness (QED) is 0.112. The monoisotopic (exact) mass is 674 g/mol. The zero-order valence-electron chi connectivity index (χ0n) is 20.6. The van der Waals surface area contributed by atoms with Crippen LogP contribution >= 0.6 is 36.7 Å². The zero-order valence-corrected chi connectivity index (χ0v) is 25.5. The maximum absolute atomic E-state index is 14.0. The average molecular weight is 675 g/mol. The van der Waals surface area contributed by atoms with Gasteiger partial charge >= 0.3 is 0 Å². The molecule has 0 saturated carbocycles. The van der Waals surface area contributed by atoms with E-state index in [9.17, 15) is 25.6 Å². The van der Waals surface area contributed by atoms with Gasteiger partial charge in [-0.05, 0) is 24.3 Å². The van der Waals surface area contributed by atoms with Crippen LogP contribution in [-0.4, -0.2) is 55.5 Å². The predicted octanol–water partition coefficient (Wildman–Crippen LogP) is 4.75. The van der Waals surface area contributed by atoms with Crippen LogP contribution in [0.2, 0.25) is 0 Å². The van der Waals surface area contributed by atoms with E-state index in [1.807, 2.05) is 0 Å². The Labute approximate surface area is 254 Å². The molecule has 3 aromatic heterocycles. The van der Waals surface area contributed by atoms with E-state index in [0.29, 0.717) is 0 Å². The van der Waals surface area contributed by atoms with Crippen molar-refractivity contribution < 1.29 is 25.6 Å². The topological polar surface area (TPSA) is 192 Å². The summed E-state index contributed by atoms with van der Waals surface area (Å²) < 4.78 is 77.3. The molecule has 4 N–H and O–H groups in total. The summed E-state index contributed by atoms with van der Waals surface area (Å²) >= 11 is 13.1. The van der Waals surface area contributed by atoms with Crippen LogP contribution in [0.25, 0.3) is 33.1 Å². The van der Waals surface area contributed by atoms with E-state index in [0.717, 1.165) is 0 Å². The Morgan fingerprint density at radius 3 is 1.57 bits per heavy atom. The molecule has 42 heavy (non-hydrogen) atoms. The second-order valence-electron chi connectivity index (χ2n) is 8.67. The molecule has 212 valence electrons. The standard InChI is InChI=1S/C24H14N6O6S6/c31-40(32)22-21(39)27-15-16(28-22)13-14(26-20(38)19(37)25-13)17-18(15)30-24(42(35,36)12-9-5-2-6-10-12)23(29-17)41(33,34)11-7-3-1-4-8-11/h1-10,29-30H,(H,25,37)(H,31,32). The van der Waals surface area contributed by atoms with Gasteiger partial charge in [-0.3, -0.25) is 0 Å². The molecule has 0 fully saturated rings. The van der Waals surface area contributed by atoms with E-state index in [-0.39, 0.29) is 56.8 Å². The second kappa shape index (κ2) is 10.3. The summed E-state index contributed by atoms with van der Waals surface area (Å²) in [7, 11) is -9.01. The predicted molar refractivity (Wildman–Crippen MR) is 161 cm³/mol. The Morgan fingerprint density at radius 2 is 1.07 bits per heavy atom. The molecule has 0 radical (unpaired) electrons. The SMILES string of the molecule is O=S(O)c1nc2c(nc1=S)c1[nH]c(S(=O)(=O)c3ccccc3)c(S(=O)(=O)c3ccccc3)[nH]c1c1nc(=S)c(=S)[nH]c21. The number of sulfone groups is 2. The summed E-state index contributed by atoms with van der Waals surface area (Å²) in [5.41, 5.74) is -0.0503. The maximum Gasteiger partial charge on any atom is 0.224 e. The molecule has 6 aromatic rings. The molecule has 1 atom stereocenters. The van der Waals surface area contributed by atoms with Crippen molar-refractivity contribution in [3.63, 3.8) is 0 Å². The highest BCUT2D eigenvalue weighted by Gasteiger charge is 2.33. The third-order valence-electron chi connectivity index (χ3n) is 6.17. The Hall–Kier alpha value is -3.65. The van der Waals surface area contributed by atoms with Crippen molar-refractivity contribution in [2.75, 3.05) is 0 Å². The smallest absolute Gasteiger partial charge is 0.224 e. The van der Waals surface area contributed by atoms with Gasteiger partial charge in [0.1, 0.15) is 21.2 Å². The van der Waals surface area contributed by atoms with Gasteiger partial charge in [-0.25, -0.2) is 36.0 Å². The van der Waals surface area contributed by atoms with Crippen molar-refractivity contribution in [2.24, 2.45) is 0 Å². The minimum atomic E-state index is -4.52. The molecular formula is C24H14N6O6S6. The zero-order chi connectivity index (χ0) is 30.0. The van der Waals surface area contributed by atoms with Crippen molar-refractivity contribution in [1.29, 1.82) is 0 Å². The van der Waals surface area contributed by atoms with E-state index in [2.05, 4.69) is 29.9 Å². The van der Waals surface area contributed by atoms with Crippen LogP contribution in [-0.2, 0) is 30.8 Å². The van der Waals surface area contributed by atoms with Crippen LogP contribution in [0.3, 0.4) is 0 Å². The highest BCUT2D eigenvalue weighted by Crippen LogP contribution is 2.35. The van der Waals surface area contributed by atoms with Crippen LogP contribution in [0, 0.1) is 13.9 Å². The maximum atomic E-state index is 14.0. The molecular weight excluding hydrogens is 661 g/mol.